The van der Waals surface area contributed by atoms with E-state index in [-0.39, 0.29) is 5.91 Å². The predicted octanol–water partition coefficient (Wildman–Crippen LogP) is 3.59. The monoisotopic (exact) mass is 389 g/mol. The number of pyridine rings is 1. The topological polar surface area (TPSA) is 63.7 Å². The maximum Gasteiger partial charge on any atom is 0.270 e. The molecule has 2 heterocycles. The molecule has 0 atom stereocenters. The van der Waals surface area contributed by atoms with Crippen molar-refractivity contribution in [1.29, 1.82) is 0 Å². The number of aromatic nitrogens is 1. The highest BCUT2D eigenvalue weighted by atomic mass is 16.5. The zero-order valence-corrected chi connectivity index (χ0v) is 16.3. The minimum atomic E-state index is -0.210. The van der Waals surface area contributed by atoms with Crippen LogP contribution in [0.15, 0.2) is 66.9 Å². The van der Waals surface area contributed by atoms with Gasteiger partial charge in [0.05, 0.1) is 13.7 Å². The molecule has 4 rings (SSSR count). The Hall–Kier alpha value is -3.54. The van der Waals surface area contributed by atoms with Crippen molar-refractivity contribution < 1.29 is 14.3 Å². The van der Waals surface area contributed by atoms with Gasteiger partial charge in [0.15, 0.2) is 0 Å². The molecule has 1 aliphatic heterocycles. The Kier molecular flexibility index (Phi) is 5.61. The summed E-state index contributed by atoms with van der Waals surface area (Å²) in [5.41, 5.74) is 3.89. The smallest absolute Gasteiger partial charge is 0.270 e. The molecule has 0 saturated heterocycles. The Morgan fingerprint density at radius 2 is 1.90 bits per heavy atom. The molecule has 1 aromatic heterocycles. The van der Waals surface area contributed by atoms with Crippen LogP contribution in [0.4, 0.5) is 11.4 Å². The molecule has 3 aromatic rings. The minimum Gasteiger partial charge on any atom is -0.497 e. The summed E-state index contributed by atoms with van der Waals surface area (Å²) in [4.78, 5) is 18.9. The van der Waals surface area contributed by atoms with E-state index < -0.39 is 0 Å². The largest absolute Gasteiger partial charge is 0.497 e. The summed E-state index contributed by atoms with van der Waals surface area (Å²) in [6, 6.07) is 19.5. The average molecular weight is 389 g/mol. The number of rotatable bonds is 7. The van der Waals surface area contributed by atoms with E-state index in [0.29, 0.717) is 18.8 Å². The van der Waals surface area contributed by atoms with Crippen LogP contribution in [0.1, 0.15) is 16.1 Å². The van der Waals surface area contributed by atoms with E-state index in [2.05, 4.69) is 33.4 Å². The van der Waals surface area contributed by atoms with Crippen LogP contribution in [-0.4, -0.2) is 37.7 Å². The third kappa shape index (κ3) is 4.32. The predicted molar refractivity (Wildman–Crippen MR) is 112 cm³/mol. The van der Waals surface area contributed by atoms with Crippen LogP contribution in [0.2, 0.25) is 0 Å². The molecule has 0 unspecified atom stereocenters. The van der Waals surface area contributed by atoms with E-state index in [0.717, 1.165) is 30.2 Å². The van der Waals surface area contributed by atoms with Crippen molar-refractivity contribution in [3.63, 3.8) is 0 Å². The van der Waals surface area contributed by atoms with E-state index in [1.54, 1.807) is 13.3 Å². The van der Waals surface area contributed by atoms with Crippen molar-refractivity contribution in [2.24, 2.45) is 0 Å². The zero-order valence-electron chi connectivity index (χ0n) is 16.3. The van der Waals surface area contributed by atoms with Crippen LogP contribution in [0.25, 0.3) is 0 Å². The number of hydrogen-bond acceptors (Lipinski definition) is 5. The van der Waals surface area contributed by atoms with Gasteiger partial charge in [-0.3, -0.25) is 9.78 Å². The Morgan fingerprint density at radius 1 is 1.10 bits per heavy atom. The first-order chi connectivity index (χ1) is 14.2. The molecule has 0 saturated carbocycles. The van der Waals surface area contributed by atoms with Crippen molar-refractivity contribution in [2.45, 2.75) is 6.42 Å². The maximum absolute atomic E-state index is 12.5. The number of nitrogens with zero attached hydrogens (tertiary/aromatic N) is 2. The summed E-state index contributed by atoms with van der Waals surface area (Å²) in [6.45, 7) is 1.67. The van der Waals surface area contributed by atoms with E-state index in [1.165, 1.54) is 11.3 Å². The number of ether oxygens (including phenoxy) is 2. The van der Waals surface area contributed by atoms with Gasteiger partial charge in [0.25, 0.3) is 5.91 Å². The van der Waals surface area contributed by atoms with Crippen molar-refractivity contribution >= 4 is 17.3 Å². The van der Waals surface area contributed by atoms with Crippen LogP contribution in [0, 0.1) is 0 Å². The fourth-order valence-electron chi connectivity index (χ4n) is 3.41. The van der Waals surface area contributed by atoms with Gasteiger partial charge in [0, 0.05) is 24.1 Å². The summed E-state index contributed by atoms with van der Waals surface area (Å²) < 4.78 is 10.8. The van der Waals surface area contributed by atoms with Crippen LogP contribution in [0.5, 0.6) is 11.5 Å². The first kappa shape index (κ1) is 18.8. The molecule has 6 heteroatoms. The van der Waals surface area contributed by atoms with Gasteiger partial charge in [0.2, 0.25) is 0 Å². The summed E-state index contributed by atoms with van der Waals surface area (Å²) in [6.07, 6.45) is 2.68. The van der Waals surface area contributed by atoms with Gasteiger partial charge >= 0.3 is 0 Å². The summed E-state index contributed by atoms with van der Waals surface area (Å²) in [5, 5.41) is 2.86. The van der Waals surface area contributed by atoms with Crippen LogP contribution in [-0.2, 0) is 6.42 Å². The van der Waals surface area contributed by atoms with Crippen LogP contribution in [0.3, 0.4) is 0 Å². The fraction of sp³-hybridized carbons (Fsp3) is 0.217. The number of amides is 1. The van der Waals surface area contributed by atoms with E-state index in [1.807, 2.05) is 42.5 Å². The average Bonchev–Trinajstić information content (AvgIpc) is 3.21. The Morgan fingerprint density at radius 3 is 2.72 bits per heavy atom. The number of carbonyl (C=O) groups is 1. The molecule has 0 aliphatic carbocycles. The van der Waals surface area contributed by atoms with Crippen molar-refractivity contribution in [2.75, 3.05) is 31.7 Å². The fourth-order valence-corrected chi connectivity index (χ4v) is 3.41. The lowest BCUT2D eigenvalue weighted by Gasteiger charge is -2.19. The van der Waals surface area contributed by atoms with Crippen molar-refractivity contribution in [3.8, 4) is 11.5 Å². The second kappa shape index (κ2) is 8.65. The molecular formula is C23H23N3O3. The number of hydrogen-bond donors (Lipinski definition) is 1. The van der Waals surface area contributed by atoms with Gasteiger partial charge in [0.1, 0.15) is 23.8 Å². The normalized spacial score (nSPS) is 12.4. The van der Waals surface area contributed by atoms with Gasteiger partial charge in [-0.2, -0.15) is 0 Å². The minimum absolute atomic E-state index is 0.210. The van der Waals surface area contributed by atoms with Gasteiger partial charge in [-0.05, 0) is 54.4 Å². The quantitative estimate of drug-likeness (QED) is 0.626. The second-order valence-corrected chi connectivity index (χ2v) is 6.71. The van der Waals surface area contributed by atoms with Gasteiger partial charge in [-0.15, -0.1) is 0 Å². The second-order valence-electron chi connectivity index (χ2n) is 6.71. The summed E-state index contributed by atoms with van der Waals surface area (Å²) in [5.74, 6) is 1.29. The highest BCUT2D eigenvalue weighted by Gasteiger charge is 2.20. The Bertz CT molecular complexity index is 989. The highest BCUT2D eigenvalue weighted by Crippen LogP contribution is 2.34. The molecule has 1 N–H and O–H groups in total. The number of methoxy groups -OCH3 is 1. The molecule has 2 aromatic carbocycles. The zero-order chi connectivity index (χ0) is 20.1. The number of para-hydroxylation sites is 1. The van der Waals surface area contributed by atoms with Gasteiger partial charge in [-0.25, -0.2) is 0 Å². The number of carbonyl (C=O) groups excluding carboxylic acids is 1. The lowest BCUT2D eigenvalue weighted by molar-refractivity contribution is 0.0942. The molecule has 0 radical (unpaired) electrons. The molecule has 148 valence electrons. The summed E-state index contributed by atoms with van der Waals surface area (Å²) >= 11 is 0. The lowest BCUT2D eigenvalue weighted by atomic mass is 10.2. The van der Waals surface area contributed by atoms with Crippen LogP contribution < -0.4 is 19.7 Å². The first-order valence-corrected chi connectivity index (χ1v) is 9.61. The van der Waals surface area contributed by atoms with Crippen molar-refractivity contribution in [3.05, 3.63) is 78.1 Å². The lowest BCUT2D eigenvalue weighted by Crippen LogP contribution is -2.29. The molecule has 6 nitrogen and oxygen atoms in total. The SMILES string of the molecule is COc1ccc(OCCNC(=O)c2cc(N3CCc4ccccc43)ccn2)cc1. The number of benzene rings is 2. The van der Waals surface area contributed by atoms with E-state index >= 15 is 0 Å². The number of anilines is 2. The van der Waals surface area contributed by atoms with E-state index in [4.69, 9.17) is 9.47 Å². The molecule has 29 heavy (non-hydrogen) atoms. The standard InChI is InChI=1S/C23H23N3O3/c1-28-19-6-8-20(9-7-19)29-15-13-25-23(27)21-16-18(10-12-24-21)26-14-11-17-4-2-3-5-22(17)26/h2-10,12,16H,11,13-15H2,1H3,(H,25,27). The van der Waals surface area contributed by atoms with E-state index in [9.17, 15) is 4.79 Å². The third-order valence-corrected chi connectivity index (χ3v) is 4.89. The van der Waals surface area contributed by atoms with Gasteiger partial charge < -0.3 is 19.7 Å². The third-order valence-electron chi connectivity index (χ3n) is 4.89. The molecule has 0 spiro atoms. The molecule has 1 aliphatic rings. The maximum atomic E-state index is 12.5. The number of fused-ring (bicyclic) bond motifs is 1. The molecule has 0 bridgehead atoms. The summed E-state index contributed by atoms with van der Waals surface area (Å²) in [7, 11) is 1.62. The first-order valence-electron chi connectivity index (χ1n) is 9.61. The van der Waals surface area contributed by atoms with Gasteiger partial charge in [-0.1, -0.05) is 18.2 Å². The van der Waals surface area contributed by atoms with Crippen LogP contribution >= 0.6 is 0 Å². The molecule has 0 fully saturated rings. The number of nitrogens with one attached hydrogen (secondary N) is 1. The Balaban J connectivity index is 1.33. The van der Waals surface area contributed by atoms with Crippen molar-refractivity contribution in [1.82, 2.24) is 10.3 Å². The Labute approximate surface area is 170 Å². The molecule has 1 amide bonds. The molecular weight excluding hydrogens is 366 g/mol. The highest BCUT2D eigenvalue weighted by molar-refractivity contribution is 5.93.